The summed E-state index contributed by atoms with van der Waals surface area (Å²) in [6.45, 7) is 0.262. The molecule has 2 aromatic rings. The van der Waals surface area contributed by atoms with Crippen LogP contribution in [0.3, 0.4) is 0 Å². The molecule has 7 heteroatoms. The third-order valence-corrected chi connectivity index (χ3v) is 4.26. The highest BCUT2D eigenvalue weighted by Gasteiger charge is 2.19. The smallest absolute Gasteiger partial charge is 0.263 e. The number of nitrogens with one attached hydrogen (secondary N) is 1. The molecule has 2 aromatic carbocycles. The molecule has 0 saturated carbocycles. The number of hydrogen-bond acceptors (Lipinski definition) is 4. The molecule has 3 N–H and O–H groups in total. The number of hydrogen-bond donors (Lipinski definition) is 2. The lowest BCUT2D eigenvalue weighted by Gasteiger charge is -2.13. The lowest BCUT2D eigenvalue weighted by atomic mass is 10.2. The van der Waals surface area contributed by atoms with Gasteiger partial charge in [-0.15, -0.1) is 0 Å². The molecule has 0 fully saturated rings. The molecule has 0 amide bonds. The van der Waals surface area contributed by atoms with Crippen molar-refractivity contribution in [1.29, 1.82) is 0 Å². The SMILES string of the molecule is COCc1ccccc1NS(=O)(=O)c1ccc(F)cc1N. The quantitative estimate of drug-likeness (QED) is 0.831. The molecule has 0 radical (unpaired) electrons. The van der Waals surface area contributed by atoms with Gasteiger partial charge in [0.05, 0.1) is 18.0 Å². The Labute approximate surface area is 122 Å². The molecule has 0 atom stereocenters. The first kappa shape index (κ1) is 15.3. The number of rotatable bonds is 5. The summed E-state index contributed by atoms with van der Waals surface area (Å²) in [5.74, 6) is -0.591. The zero-order chi connectivity index (χ0) is 15.5. The van der Waals surface area contributed by atoms with E-state index in [1.807, 2.05) is 0 Å². The van der Waals surface area contributed by atoms with Crippen LogP contribution in [-0.4, -0.2) is 15.5 Å². The Balaban J connectivity index is 2.38. The minimum atomic E-state index is -3.90. The summed E-state index contributed by atoms with van der Waals surface area (Å²) in [5.41, 5.74) is 6.50. The first-order valence-corrected chi connectivity index (χ1v) is 7.57. The van der Waals surface area contributed by atoms with Crippen molar-refractivity contribution in [2.75, 3.05) is 17.6 Å². The summed E-state index contributed by atoms with van der Waals surface area (Å²) < 4.78 is 45.1. The van der Waals surface area contributed by atoms with Crippen molar-refractivity contribution >= 4 is 21.4 Å². The van der Waals surface area contributed by atoms with Crippen LogP contribution in [-0.2, 0) is 21.4 Å². The Morgan fingerprint density at radius 3 is 2.62 bits per heavy atom. The van der Waals surface area contributed by atoms with Crippen LogP contribution < -0.4 is 10.5 Å². The number of halogens is 1. The Morgan fingerprint density at radius 1 is 1.24 bits per heavy atom. The second-order valence-corrected chi connectivity index (χ2v) is 6.03. The Bertz CT molecular complexity index is 748. The first-order chi connectivity index (χ1) is 9.94. The van der Waals surface area contributed by atoms with Crippen LogP contribution in [0.15, 0.2) is 47.4 Å². The second kappa shape index (κ2) is 6.11. The van der Waals surface area contributed by atoms with Crippen LogP contribution in [0.4, 0.5) is 15.8 Å². The van der Waals surface area contributed by atoms with E-state index in [-0.39, 0.29) is 17.2 Å². The average molecular weight is 310 g/mol. The van der Waals surface area contributed by atoms with Gasteiger partial charge in [0.1, 0.15) is 10.7 Å². The third-order valence-electron chi connectivity index (χ3n) is 2.82. The van der Waals surface area contributed by atoms with E-state index in [1.165, 1.54) is 7.11 Å². The maximum atomic E-state index is 13.0. The van der Waals surface area contributed by atoms with E-state index in [4.69, 9.17) is 10.5 Å². The lowest BCUT2D eigenvalue weighted by Crippen LogP contribution is -2.16. The van der Waals surface area contributed by atoms with Crippen LogP contribution in [0.1, 0.15) is 5.56 Å². The molecular formula is C14H15FN2O3S. The highest BCUT2D eigenvalue weighted by atomic mass is 32.2. The molecule has 112 valence electrons. The largest absolute Gasteiger partial charge is 0.398 e. The number of ether oxygens (including phenoxy) is 1. The molecule has 0 aromatic heterocycles. The van der Waals surface area contributed by atoms with Crippen molar-refractivity contribution in [3.05, 3.63) is 53.8 Å². The number of sulfonamides is 1. The summed E-state index contributed by atoms with van der Waals surface area (Å²) in [6, 6.07) is 9.98. The standard InChI is InChI=1S/C14H15FN2O3S/c1-20-9-10-4-2-3-5-13(10)17-21(18,19)14-7-6-11(15)8-12(14)16/h2-8,17H,9,16H2,1H3. The number of nitrogen functional groups attached to an aromatic ring is 1. The molecule has 5 nitrogen and oxygen atoms in total. The van der Waals surface area contributed by atoms with Gasteiger partial charge in [-0.25, -0.2) is 12.8 Å². The van der Waals surface area contributed by atoms with Gasteiger partial charge >= 0.3 is 0 Å². The molecule has 0 aliphatic heterocycles. The summed E-state index contributed by atoms with van der Waals surface area (Å²) in [7, 11) is -2.38. The molecule has 0 bridgehead atoms. The van der Waals surface area contributed by atoms with Gasteiger partial charge in [0.25, 0.3) is 10.0 Å². The molecule has 0 aliphatic rings. The maximum absolute atomic E-state index is 13.0. The zero-order valence-electron chi connectivity index (χ0n) is 11.3. The average Bonchev–Trinajstić information content (AvgIpc) is 2.40. The summed E-state index contributed by atoms with van der Waals surface area (Å²) in [4.78, 5) is -0.170. The van der Waals surface area contributed by atoms with Gasteiger partial charge in [0, 0.05) is 12.7 Å². The molecule has 0 saturated heterocycles. The molecule has 0 unspecified atom stereocenters. The second-order valence-electron chi connectivity index (χ2n) is 4.38. The van der Waals surface area contributed by atoms with Gasteiger partial charge in [-0.2, -0.15) is 0 Å². The Hall–Kier alpha value is -2.12. The predicted octanol–water partition coefficient (Wildman–Crippen LogP) is 2.36. The topological polar surface area (TPSA) is 81.4 Å². The monoisotopic (exact) mass is 310 g/mol. The van der Waals surface area contributed by atoms with Gasteiger partial charge in [-0.1, -0.05) is 18.2 Å². The fraction of sp³-hybridized carbons (Fsp3) is 0.143. The Kier molecular flexibility index (Phi) is 4.44. The molecule has 0 aliphatic carbocycles. The van der Waals surface area contributed by atoms with Crippen LogP contribution >= 0.6 is 0 Å². The van der Waals surface area contributed by atoms with Crippen molar-refractivity contribution in [3.63, 3.8) is 0 Å². The van der Waals surface area contributed by atoms with Crippen molar-refractivity contribution in [2.24, 2.45) is 0 Å². The van der Waals surface area contributed by atoms with Gasteiger partial charge in [-0.05, 0) is 24.3 Å². The number of methoxy groups -OCH3 is 1. The van der Waals surface area contributed by atoms with Crippen LogP contribution in [0.2, 0.25) is 0 Å². The van der Waals surface area contributed by atoms with E-state index in [0.717, 1.165) is 18.2 Å². The van der Waals surface area contributed by atoms with Crippen molar-refractivity contribution in [2.45, 2.75) is 11.5 Å². The molecule has 21 heavy (non-hydrogen) atoms. The van der Waals surface area contributed by atoms with Gasteiger partial charge in [0.15, 0.2) is 0 Å². The minimum absolute atomic E-state index is 0.147. The normalized spacial score (nSPS) is 11.3. The molecule has 2 rings (SSSR count). The number of anilines is 2. The summed E-state index contributed by atoms with van der Waals surface area (Å²) in [5, 5.41) is 0. The van der Waals surface area contributed by atoms with Gasteiger partial charge in [0.2, 0.25) is 0 Å². The molecule has 0 heterocycles. The van der Waals surface area contributed by atoms with Crippen LogP contribution in [0.25, 0.3) is 0 Å². The van der Waals surface area contributed by atoms with E-state index < -0.39 is 15.8 Å². The summed E-state index contributed by atoms with van der Waals surface area (Å²) in [6.07, 6.45) is 0. The van der Waals surface area contributed by atoms with Gasteiger partial charge < -0.3 is 10.5 Å². The number of nitrogens with two attached hydrogens (primary N) is 1. The fourth-order valence-corrected chi connectivity index (χ4v) is 3.08. The predicted molar refractivity (Wildman–Crippen MR) is 78.8 cm³/mol. The number of para-hydroxylation sites is 1. The Morgan fingerprint density at radius 2 is 1.95 bits per heavy atom. The molecular weight excluding hydrogens is 295 g/mol. The maximum Gasteiger partial charge on any atom is 0.263 e. The first-order valence-electron chi connectivity index (χ1n) is 6.09. The minimum Gasteiger partial charge on any atom is -0.398 e. The van der Waals surface area contributed by atoms with Gasteiger partial charge in [-0.3, -0.25) is 4.72 Å². The van der Waals surface area contributed by atoms with E-state index in [1.54, 1.807) is 24.3 Å². The summed E-state index contributed by atoms with van der Waals surface area (Å²) >= 11 is 0. The fourth-order valence-electron chi connectivity index (χ4n) is 1.87. The van der Waals surface area contributed by atoms with E-state index in [0.29, 0.717) is 11.3 Å². The zero-order valence-corrected chi connectivity index (χ0v) is 12.2. The van der Waals surface area contributed by atoms with Crippen molar-refractivity contribution < 1.29 is 17.5 Å². The highest BCUT2D eigenvalue weighted by Crippen LogP contribution is 2.24. The van der Waals surface area contributed by atoms with Crippen molar-refractivity contribution in [3.8, 4) is 0 Å². The lowest BCUT2D eigenvalue weighted by molar-refractivity contribution is 0.185. The van der Waals surface area contributed by atoms with Crippen LogP contribution in [0.5, 0.6) is 0 Å². The van der Waals surface area contributed by atoms with E-state index in [2.05, 4.69) is 4.72 Å². The van der Waals surface area contributed by atoms with E-state index >= 15 is 0 Å². The molecule has 0 spiro atoms. The van der Waals surface area contributed by atoms with E-state index in [9.17, 15) is 12.8 Å². The number of benzene rings is 2. The van der Waals surface area contributed by atoms with Crippen LogP contribution in [0, 0.1) is 5.82 Å². The highest BCUT2D eigenvalue weighted by molar-refractivity contribution is 7.92. The van der Waals surface area contributed by atoms with Crippen molar-refractivity contribution in [1.82, 2.24) is 0 Å². The third kappa shape index (κ3) is 3.50.